The van der Waals surface area contributed by atoms with E-state index in [9.17, 15) is 0 Å². The van der Waals surface area contributed by atoms with Crippen LogP contribution >= 0.6 is 0 Å². The van der Waals surface area contributed by atoms with Crippen LogP contribution in [0.4, 0.5) is 0 Å². The molecule has 3 heteroatoms. The van der Waals surface area contributed by atoms with Gasteiger partial charge in [-0.15, -0.1) is 0 Å². The van der Waals surface area contributed by atoms with E-state index in [1.807, 2.05) is 0 Å². The van der Waals surface area contributed by atoms with Crippen molar-refractivity contribution in [3.05, 3.63) is 0 Å². The summed E-state index contributed by atoms with van der Waals surface area (Å²) < 4.78 is 0. The molecule has 0 radical (unpaired) electrons. The maximum Gasteiger partial charge on any atom is 0.0164 e. The first kappa shape index (κ1) is 7.88. The van der Waals surface area contributed by atoms with Crippen molar-refractivity contribution in [3.8, 4) is 0 Å². The summed E-state index contributed by atoms with van der Waals surface area (Å²) >= 11 is 0. The fourth-order valence-electron chi connectivity index (χ4n) is 0.798. The van der Waals surface area contributed by atoms with Gasteiger partial charge in [0.1, 0.15) is 0 Å². The molecule has 1 saturated heterocycles. The third-order valence-electron chi connectivity index (χ3n) is 1.25. The van der Waals surface area contributed by atoms with Crippen molar-refractivity contribution < 1.29 is 0 Å². The van der Waals surface area contributed by atoms with Gasteiger partial charge in [-0.3, -0.25) is 0 Å². The summed E-state index contributed by atoms with van der Waals surface area (Å²) in [6.07, 6.45) is 0. The van der Waals surface area contributed by atoms with E-state index in [0.717, 1.165) is 19.6 Å². The summed E-state index contributed by atoms with van der Waals surface area (Å²) in [5.74, 6) is 0. The molecule has 1 aliphatic heterocycles. The highest BCUT2D eigenvalue weighted by atomic mass is 15.0. The molecule has 0 amide bonds. The molecule has 0 spiro atoms. The fraction of sp³-hybridized carbons (Fsp3) is 1.00. The zero-order chi connectivity index (χ0) is 5.11. The Kier molecular flexibility index (Phi) is 3.77. The normalized spacial score (nSPS) is 28.9. The van der Waals surface area contributed by atoms with Crippen molar-refractivity contribution in [2.75, 3.05) is 19.6 Å². The van der Waals surface area contributed by atoms with E-state index in [2.05, 4.69) is 17.6 Å². The predicted molar refractivity (Wildman–Crippen MR) is 35.4 cm³/mol. The molecular weight excluding hydrogens is 102 g/mol. The monoisotopic (exact) mass is 117 g/mol. The van der Waals surface area contributed by atoms with Crippen LogP contribution in [0.1, 0.15) is 6.92 Å². The molecule has 1 fully saturated rings. The van der Waals surface area contributed by atoms with Crippen molar-refractivity contribution in [1.29, 1.82) is 0 Å². The van der Waals surface area contributed by atoms with Crippen LogP contribution in [-0.2, 0) is 0 Å². The molecule has 0 aromatic rings. The van der Waals surface area contributed by atoms with Gasteiger partial charge in [-0.25, -0.2) is 0 Å². The summed E-state index contributed by atoms with van der Waals surface area (Å²) in [5, 5.41) is 6.59. The van der Waals surface area contributed by atoms with Gasteiger partial charge in [-0.1, -0.05) is 0 Å². The maximum atomic E-state index is 3.32. The van der Waals surface area contributed by atoms with Gasteiger partial charge in [0.25, 0.3) is 0 Å². The van der Waals surface area contributed by atoms with E-state index in [-0.39, 0.29) is 6.15 Å². The zero-order valence-electron chi connectivity index (χ0n) is 5.41. The summed E-state index contributed by atoms with van der Waals surface area (Å²) in [5.41, 5.74) is 0. The van der Waals surface area contributed by atoms with Crippen molar-refractivity contribution in [2.24, 2.45) is 0 Å². The maximum absolute atomic E-state index is 3.32. The Morgan fingerprint density at radius 3 is 2.38 bits per heavy atom. The molecule has 8 heavy (non-hydrogen) atoms. The second-order valence-corrected chi connectivity index (χ2v) is 2.06. The molecule has 1 heterocycles. The summed E-state index contributed by atoms with van der Waals surface area (Å²) in [6.45, 7) is 5.57. The average molecular weight is 117 g/mol. The summed E-state index contributed by atoms with van der Waals surface area (Å²) in [7, 11) is 0. The number of rotatable bonds is 0. The number of nitrogens with one attached hydrogen (secondary N) is 2. The molecule has 1 aliphatic rings. The molecule has 0 saturated carbocycles. The first-order valence-electron chi connectivity index (χ1n) is 2.83. The molecule has 1 rings (SSSR count). The molecule has 0 bridgehead atoms. The minimum atomic E-state index is 0. The molecular formula is C5H15N3. The molecule has 5 N–H and O–H groups in total. The standard InChI is InChI=1S/C5H12N2.H3N/c1-5-4-6-2-3-7-5;/h5-7H,2-4H2,1H3;1H3. The molecule has 3 nitrogen and oxygen atoms in total. The topological polar surface area (TPSA) is 59.1 Å². The van der Waals surface area contributed by atoms with Crippen LogP contribution in [0.25, 0.3) is 0 Å². The number of hydrogen-bond donors (Lipinski definition) is 3. The van der Waals surface area contributed by atoms with Gasteiger partial charge < -0.3 is 16.8 Å². The fourth-order valence-corrected chi connectivity index (χ4v) is 0.798. The molecule has 0 aromatic heterocycles. The van der Waals surface area contributed by atoms with Gasteiger partial charge >= 0.3 is 0 Å². The van der Waals surface area contributed by atoms with E-state index in [1.165, 1.54) is 0 Å². The molecule has 0 aromatic carbocycles. The number of piperazine rings is 1. The summed E-state index contributed by atoms with van der Waals surface area (Å²) in [4.78, 5) is 0. The van der Waals surface area contributed by atoms with Gasteiger partial charge in [0, 0.05) is 25.7 Å². The molecule has 1 atom stereocenters. The minimum absolute atomic E-state index is 0. The Morgan fingerprint density at radius 1 is 1.38 bits per heavy atom. The number of hydrogen-bond acceptors (Lipinski definition) is 3. The van der Waals surface area contributed by atoms with Crippen LogP contribution in [0.5, 0.6) is 0 Å². The van der Waals surface area contributed by atoms with Crippen molar-refractivity contribution in [1.82, 2.24) is 16.8 Å². The lowest BCUT2D eigenvalue weighted by atomic mass is 10.3. The lowest BCUT2D eigenvalue weighted by molar-refractivity contribution is 0.442. The average Bonchev–Trinajstić information content (AvgIpc) is 1.69. The third kappa shape index (κ3) is 2.26. The van der Waals surface area contributed by atoms with Gasteiger partial charge in [0.15, 0.2) is 0 Å². The smallest absolute Gasteiger partial charge is 0.0164 e. The van der Waals surface area contributed by atoms with Crippen molar-refractivity contribution in [3.63, 3.8) is 0 Å². The first-order valence-corrected chi connectivity index (χ1v) is 2.83. The highest BCUT2D eigenvalue weighted by Crippen LogP contribution is 1.80. The van der Waals surface area contributed by atoms with Gasteiger partial charge in [0.05, 0.1) is 0 Å². The lowest BCUT2D eigenvalue weighted by Gasteiger charge is -2.19. The van der Waals surface area contributed by atoms with Gasteiger partial charge in [-0.2, -0.15) is 0 Å². The van der Waals surface area contributed by atoms with Crippen molar-refractivity contribution in [2.45, 2.75) is 13.0 Å². The Balaban J connectivity index is 0.000000490. The van der Waals surface area contributed by atoms with Crippen LogP contribution < -0.4 is 16.8 Å². The second kappa shape index (κ2) is 3.83. The van der Waals surface area contributed by atoms with Crippen molar-refractivity contribution >= 4 is 0 Å². The van der Waals surface area contributed by atoms with E-state index >= 15 is 0 Å². The highest BCUT2D eigenvalue weighted by molar-refractivity contribution is 4.69. The largest absolute Gasteiger partial charge is 0.344 e. The Labute approximate surface area is 50.4 Å². The van der Waals surface area contributed by atoms with Gasteiger partial charge in [0.2, 0.25) is 0 Å². The Morgan fingerprint density at radius 2 is 2.12 bits per heavy atom. The summed E-state index contributed by atoms with van der Waals surface area (Å²) in [6, 6.07) is 0.675. The Hall–Kier alpha value is -0.120. The second-order valence-electron chi connectivity index (χ2n) is 2.06. The van der Waals surface area contributed by atoms with E-state index < -0.39 is 0 Å². The Bertz CT molecular complexity index is 49.6. The molecule has 1 unspecified atom stereocenters. The quantitative estimate of drug-likeness (QED) is 0.409. The van der Waals surface area contributed by atoms with E-state index in [1.54, 1.807) is 0 Å². The minimum Gasteiger partial charge on any atom is -0.344 e. The molecule has 50 valence electrons. The lowest BCUT2D eigenvalue weighted by Crippen LogP contribution is -2.46. The van der Waals surface area contributed by atoms with E-state index in [4.69, 9.17) is 0 Å². The van der Waals surface area contributed by atoms with Crippen LogP contribution in [0.3, 0.4) is 0 Å². The highest BCUT2D eigenvalue weighted by Gasteiger charge is 2.03. The van der Waals surface area contributed by atoms with Crippen LogP contribution in [-0.4, -0.2) is 25.7 Å². The zero-order valence-corrected chi connectivity index (χ0v) is 5.41. The van der Waals surface area contributed by atoms with Gasteiger partial charge in [-0.05, 0) is 6.92 Å². The van der Waals surface area contributed by atoms with Crippen LogP contribution in [0, 0.1) is 0 Å². The molecule has 0 aliphatic carbocycles. The predicted octanol–water partition coefficient (Wildman–Crippen LogP) is -0.270. The first-order chi connectivity index (χ1) is 3.39. The van der Waals surface area contributed by atoms with E-state index in [0.29, 0.717) is 6.04 Å². The SMILES string of the molecule is CC1CNCCN1.N. The van der Waals surface area contributed by atoms with Crippen LogP contribution in [0.15, 0.2) is 0 Å². The third-order valence-corrected chi connectivity index (χ3v) is 1.25. The van der Waals surface area contributed by atoms with Crippen LogP contribution in [0.2, 0.25) is 0 Å².